The predicted molar refractivity (Wildman–Crippen MR) is 96.1 cm³/mol. The first kappa shape index (κ1) is 24.4. The van der Waals surface area contributed by atoms with E-state index in [2.05, 4.69) is 14.5 Å². The number of rotatable bonds is 8. The van der Waals surface area contributed by atoms with Crippen molar-refractivity contribution in [3.05, 3.63) is 35.9 Å². The largest absolute Gasteiger partial charge is 0.391 e. The number of aliphatic hydroxyl groups excluding tert-OH is 1. The van der Waals surface area contributed by atoms with Crippen LogP contribution in [0.25, 0.3) is 0 Å². The molecule has 1 aromatic carbocycles. The molecule has 2 rings (SSSR count). The van der Waals surface area contributed by atoms with E-state index in [1.54, 1.807) is 30.3 Å². The lowest BCUT2D eigenvalue weighted by Gasteiger charge is -2.38. The smallest absolute Gasteiger partial charge is 0.350 e. The molecule has 1 N–H and O–H groups in total. The number of benzene rings is 1. The molecular formula is C19H22O12. The first-order valence-electron chi connectivity index (χ1n) is 9.09. The molecule has 1 unspecified atom stereocenters. The van der Waals surface area contributed by atoms with E-state index in [1.807, 2.05) is 0 Å². The molecule has 170 valence electrons. The van der Waals surface area contributed by atoms with Crippen molar-refractivity contribution in [3.63, 3.8) is 0 Å². The van der Waals surface area contributed by atoms with Crippen LogP contribution < -0.4 is 0 Å². The van der Waals surface area contributed by atoms with Gasteiger partial charge in [-0.2, -0.15) is 9.78 Å². The fourth-order valence-electron chi connectivity index (χ4n) is 2.58. The highest BCUT2D eigenvalue weighted by Gasteiger charge is 2.48. The van der Waals surface area contributed by atoms with E-state index < -0.39 is 54.6 Å². The van der Waals surface area contributed by atoms with Gasteiger partial charge < -0.3 is 19.3 Å². The highest BCUT2D eigenvalue weighted by Crippen LogP contribution is 2.30. The Hall–Kier alpha value is -2.90. The fraction of sp³-hybridized carbons (Fsp3) is 0.474. The van der Waals surface area contributed by atoms with Crippen molar-refractivity contribution >= 4 is 23.9 Å². The van der Waals surface area contributed by atoms with Gasteiger partial charge in [0.1, 0.15) is 12.2 Å². The third kappa shape index (κ3) is 7.38. The summed E-state index contributed by atoms with van der Waals surface area (Å²) in [7, 11) is 0. The summed E-state index contributed by atoms with van der Waals surface area (Å²) in [6.45, 7) is 2.70. The van der Waals surface area contributed by atoms with Gasteiger partial charge in [0.25, 0.3) is 0 Å². The summed E-state index contributed by atoms with van der Waals surface area (Å²) in [4.78, 5) is 64.7. The fourth-order valence-corrected chi connectivity index (χ4v) is 2.58. The van der Waals surface area contributed by atoms with Crippen molar-refractivity contribution in [2.45, 2.75) is 51.5 Å². The first-order chi connectivity index (χ1) is 14.7. The molecule has 0 amide bonds. The molecule has 1 saturated heterocycles. The number of ether oxygens (including phenoxy) is 3. The van der Waals surface area contributed by atoms with Gasteiger partial charge in [0.2, 0.25) is 6.10 Å². The van der Waals surface area contributed by atoms with Crippen molar-refractivity contribution < 1.29 is 58.0 Å². The Morgan fingerprint density at radius 2 is 1.58 bits per heavy atom. The van der Waals surface area contributed by atoms with Crippen molar-refractivity contribution in [1.82, 2.24) is 0 Å². The number of carbonyl (C=O) groups is 4. The molecule has 12 heteroatoms. The molecule has 0 spiro atoms. The van der Waals surface area contributed by atoms with Crippen LogP contribution in [-0.4, -0.2) is 60.0 Å². The Morgan fingerprint density at radius 1 is 0.968 bits per heavy atom. The minimum absolute atomic E-state index is 0.258. The summed E-state index contributed by atoms with van der Waals surface area (Å²) in [5.74, 6) is -4.19. The molecule has 31 heavy (non-hydrogen) atoms. The summed E-state index contributed by atoms with van der Waals surface area (Å²) >= 11 is 0. The maximum Gasteiger partial charge on any atom is 0.350 e. The first-order valence-corrected chi connectivity index (χ1v) is 9.09. The number of esters is 2. The third-order valence-corrected chi connectivity index (χ3v) is 3.79. The topological polar surface area (TPSA) is 153 Å². The molecule has 1 aliphatic rings. The van der Waals surface area contributed by atoms with Crippen LogP contribution in [0, 0.1) is 0 Å². The van der Waals surface area contributed by atoms with E-state index in [0.29, 0.717) is 5.56 Å². The highest BCUT2D eigenvalue weighted by molar-refractivity contribution is 5.87. The van der Waals surface area contributed by atoms with Crippen LogP contribution in [0.2, 0.25) is 0 Å². The van der Waals surface area contributed by atoms with E-state index in [1.165, 1.54) is 0 Å². The molecular weight excluding hydrogens is 420 g/mol. The van der Waals surface area contributed by atoms with E-state index >= 15 is 0 Å². The molecule has 5 atom stereocenters. The van der Waals surface area contributed by atoms with Gasteiger partial charge in [-0.15, -0.1) is 0 Å². The summed E-state index contributed by atoms with van der Waals surface area (Å²) < 4.78 is 15.7. The molecule has 0 saturated carbocycles. The van der Waals surface area contributed by atoms with Crippen LogP contribution in [0.5, 0.6) is 0 Å². The van der Waals surface area contributed by atoms with Gasteiger partial charge in [0, 0.05) is 26.3 Å². The van der Waals surface area contributed by atoms with Crippen LogP contribution in [0.1, 0.15) is 32.6 Å². The molecule has 1 heterocycles. The maximum absolute atomic E-state index is 12.4. The zero-order chi connectivity index (χ0) is 23.0. The third-order valence-electron chi connectivity index (χ3n) is 3.79. The van der Waals surface area contributed by atoms with Crippen LogP contribution in [0.4, 0.5) is 0 Å². The molecule has 1 aromatic rings. The second-order valence-corrected chi connectivity index (χ2v) is 6.38. The van der Waals surface area contributed by atoms with Gasteiger partial charge in [0.15, 0.2) is 12.4 Å². The van der Waals surface area contributed by atoms with Crippen molar-refractivity contribution in [2.24, 2.45) is 0 Å². The van der Waals surface area contributed by atoms with Crippen molar-refractivity contribution in [2.75, 3.05) is 6.61 Å². The Balaban J connectivity index is 2.34. The van der Waals surface area contributed by atoms with Gasteiger partial charge in [-0.3, -0.25) is 14.6 Å². The lowest BCUT2D eigenvalue weighted by Crippen LogP contribution is -2.55. The second kappa shape index (κ2) is 11.5. The van der Waals surface area contributed by atoms with E-state index in [0.717, 1.165) is 20.8 Å². The molecule has 12 nitrogen and oxygen atoms in total. The van der Waals surface area contributed by atoms with E-state index in [-0.39, 0.29) is 6.61 Å². The molecule has 0 aliphatic carbocycles. The van der Waals surface area contributed by atoms with E-state index in [4.69, 9.17) is 19.2 Å². The Morgan fingerprint density at radius 3 is 2.16 bits per heavy atom. The highest BCUT2D eigenvalue weighted by atomic mass is 17.2. The van der Waals surface area contributed by atoms with Crippen LogP contribution in [-0.2, 0) is 52.9 Å². The Bertz CT molecular complexity index is 779. The minimum Gasteiger partial charge on any atom is -0.391 e. The molecule has 1 aliphatic heterocycles. The second-order valence-electron chi connectivity index (χ2n) is 6.38. The SMILES string of the molecule is CC(=O)OO[C@@H]([C@H]1OC(c2ccccc2)OC[C@H]1O)[C@@H](OOC(C)=O)C(=O)OC(C)=O. The molecule has 0 radical (unpaired) electrons. The van der Waals surface area contributed by atoms with E-state index in [9.17, 15) is 24.3 Å². The Labute approximate surface area is 176 Å². The molecule has 0 aromatic heterocycles. The minimum atomic E-state index is -1.97. The van der Waals surface area contributed by atoms with Gasteiger partial charge in [-0.1, -0.05) is 30.3 Å². The number of carbonyl (C=O) groups excluding carboxylic acids is 4. The maximum atomic E-state index is 12.4. The predicted octanol–water partition coefficient (Wildman–Crippen LogP) is 0.278. The lowest BCUT2D eigenvalue weighted by atomic mass is 10.0. The molecule has 1 fully saturated rings. The quantitative estimate of drug-likeness (QED) is 0.254. The lowest BCUT2D eigenvalue weighted by molar-refractivity contribution is -0.387. The number of hydrogen-bond donors (Lipinski definition) is 1. The molecule has 0 bridgehead atoms. The summed E-state index contributed by atoms with van der Waals surface area (Å²) in [5.41, 5.74) is 0.578. The van der Waals surface area contributed by atoms with Crippen LogP contribution in [0.15, 0.2) is 30.3 Å². The zero-order valence-electron chi connectivity index (χ0n) is 16.9. The average Bonchev–Trinajstić information content (AvgIpc) is 2.70. The number of hydrogen-bond acceptors (Lipinski definition) is 12. The monoisotopic (exact) mass is 442 g/mol. The van der Waals surface area contributed by atoms with Gasteiger partial charge in [0.05, 0.1) is 6.61 Å². The van der Waals surface area contributed by atoms with Gasteiger partial charge in [-0.25, -0.2) is 14.4 Å². The summed E-state index contributed by atoms with van der Waals surface area (Å²) in [6.07, 6.45) is -7.48. The van der Waals surface area contributed by atoms with Gasteiger partial charge >= 0.3 is 23.9 Å². The standard InChI is InChI=1S/C19H22O12/c1-10(20)26-18(24)17(31-29-12(3)22)16(30-28-11(2)21)15-14(23)9-25-19(27-15)13-7-5-4-6-8-13/h4-8,14-17,19,23H,9H2,1-3H3/t14-,15+,16+,17-,19?/m1/s1. The van der Waals surface area contributed by atoms with Crippen molar-refractivity contribution in [3.8, 4) is 0 Å². The zero-order valence-corrected chi connectivity index (χ0v) is 16.9. The van der Waals surface area contributed by atoms with Crippen LogP contribution >= 0.6 is 0 Å². The average molecular weight is 442 g/mol. The number of aliphatic hydroxyl groups is 1. The summed E-state index contributed by atoms with van der Waals surface area (Å²) in [5, 5.41) is 10.4. The van der Waals surface area contributed by atoms with Crippen LogP contribution in [0.3, 0.4) is 0 Å². The van der Waals surface area contributed by atoms with Gasteiger partial charge in [-0.05, 0) is 0 Å². The van der Waals surface area contributed by atoms with Crippen molar-refractivity contribution in [1.29, 1.82) is 0 Å². The summed E-state index contributed by atoms with van der Waals surface area (Å²) in [6, 6.07) is 8.61. The Kier molecular flexibility index (Phi) is 9.03. The normalized spacial score (nSPS) is 22.6.